The zero-order valence-corrected chi connectivity index (χ0v) is 7.39. The molecule has 0 aromatic rings. The number of hydrogen-bond donors (Lipinski definition) is 2. The molecule has 0 fully saturated rings. The normalized spacial score (nSPS) is 15.8. The fourth-order valence-electron chi connectivity index (χ4n) is 0.917. The van der Waals surface area contributed by atoms with Gasteiger partial charge >= 0.3 is 0 Å². The molecule has 0 heterocycles. The van der Waals surface area contributed by atoms with Gasteiger partial charge in [0, 0.05) is 6.42 Å². The Labute approximate surface area is 74.9 Å². The Morgan fingerprint density at radius 2 is 2.00 bits per heavy atom. The number of rotatable bonds is 6. The van der Waals surface area contributed by atoms with Crippen molar-refractivity contribution in [2.24, 2.45) is 0 Å². The van der Waals surface area contributed by atoms with Crippen molar-refractivity contribution in [1.82, 2.24) is 0 Å². The molecule has 0 aliphatic heterocycles. The lowest BCUT2D eigenvalue weighted by Gasteiger charge is -2.25. The van der Waals surface area contributed by atoms with Crippen LogP contribution in [0.4, 0.5) is 8.78 Å². The highest BCUT2D eigenvalue weighted by molar-refractivity contribution is 5.74. The summed E-state index contributed by atoms with van der Waals surface area (Å²) in [5, 5.41) is 10.4. The summed E-state index contributed by atoms with van der Waals surface area (Å²) in [6.45, 7) is 0.604. The first-order valence-electron chi connectivity index (χ1n) is 4.09. The number of halogens is 2. The number of carbonyl (C=O) groups excluding carboxylic acids is 1. The monoisotopic (exact) mass is 197 g/mol. The van der Waals surface area contributed by atoms with Gasteiger partial charge in [-0.2, -0.15) is 0 Å². The van der Waals surface area contributed by atoms with E-state index in [1.54, 1.807) is 0 Å². The number of hydrogen-bond acceptors (Lipinski definition) is 2. The molecule has 13 heavy (non-hydrogen) atoms. The number of alkyl halides is 2. The molecule has 0 aliphatic rings. The van der Waals surface area contributed by atoms with Crippen LogP contribution in [0.1, 0.15) is 19.3 Å². The molecule has 78 valence electrons. The Balaban J connectivity index is 4.17. The molecule has 0 aromatic heterocycles. The van der Waals surface area contributed by atoms with Crippen molar-refractivity contribution in [3.63, 3.8) is 0 Å². The lowest BCUT2D eigenvalue weighted by atomic mass is 9.94. The number of aliphatic carboxylic acids is 1. The molecular formula is C7H15F2N2O2+. The van der Waals surface area contributed by atoms with Crippen LogP contribution in [0.25, 0.3) is 0 Å². The van der Waals surface area contributed by atoms with Crippen molar-refractivity contribution in [3.05, 3.63) is 0 Å². The van der Waals surface area contributed by atoms with Gasteiger partial charge in [0.2, 0.25) is 0 Å². The van der Waals surface area contributed by atoms with Crippen molar-refractivity contribution in [3.8, 4) is 0 Å². The summed E-state index contributed by atoms with van der Waals surface area (Å²) < 4.78 is 24.5. The van der Waals surface area contributed by atoms with E-state index >= 15 is 0 Å². The second-order valence-electron chi connectivity index (χ2n) is 3.05. The summed E-state index contributed by atoms with van der Waals surface area (Å²) in [4.78, 5) is 10.4. The topological polar surface area (TPSA) is 95.4 Å². The first kappa shape index (κ1) is 12.2. The summed E-state index contributed by atoms with van der Waals surface area (Å²) in [5.41, 5.74) is 4.28. The highest BCUT2D eigenvalue weighted by atomic mass is 19.3. The lowest BCUT2D eigenvalue weighted by molar-refractivity contribution is -0.508. The number of unbranched alkanes of at least 4 members (excludes halogenated alkanes) is 1. The molecular weight excluding hydrogens is 182 g/mol. The zero-order valence-electron chi connectivity index (χ0n) is 7.39. The average Bonchev–Trinajstić information content (AvgIpc) is 2.03. The molecule has 0 aromatic carbocycles. The van der Waals surface area contributed by atoms with E-state index in [-0.39, 0.29) is 6.42 Å². The van der Waals surface area contributed by atoms with E-state index in [0.717, 1.165) is 0 Å². The summed E-state index contributed by atoms with van der Waals surface area (Å²) in [6, 6.07) is 0. The van der Waals surface area contributed by atoms with Crippen molar-refractivity contribution in [1.29, 1.82) is 0 Å². The summed E-state index contributed by atoms with van der Waals surface area (Å²) in [5.74, 6) is -1.79. The Morgan fingerprint density at radius 3 is 2.31 bits per heavy atom. The van der Waals surface area contributed by atoms with Gasteiger partial charge in [-0.3, -0.25) is 0 Å². The molecule has 0 bridgehead atoms. The van der Waals surface area contributed by atoms with Gasteiger partial charge in [-0.25, -0.2) is 8.78 Å². The third-order valence-electron chi connectivity index (χ3n) is 1.95. The number of carboxylic acid groups (broad SMARTS) is 1. The van der Waals surface area contributed by atoms with Crippen LogP contribution in [0.5, 0.6) is 0 Å². The number of carbonyl (C=O) groups is 1. The Hall–Kier alpha value is -0.750. The number of carboxylic acids is 1. The maximum atomic E-state index is 12.3. The van der Waals surface area contributed by atoms with E-state index in [1.807, 2.05) is 0 Å². The molecule has 6 N–H and O–H groups in total. The molecule has 0 aliphatic carbocycles. The van der Waals surface area contributed by atoms with Gasteiger partial charge in [-0.05, 0) is 12.8 Å². The predicted molar refractivity (Wildman–Crippen MR) is 38.2 cm³/mol. The van der Waals surface area contributed by atoms with Crippen LogP contribution in [0.2, 0.25) is 0 Å². The van der Waals surface area contributed by atoms with E-state index in [9.17, 15) is 18.7 Å². The van der Waals surface area contributed by atoms with Crippen molar-refractivity contribution in [2.75, 3.05) is 6.54 Å². The maximum Gasteiger partial charge on any atom is 0.297 e. The highest BCUT2D eigenvalue weighted by Gasteiger charge is 2.41. The van der Waals surface area contributed by atoms with E-state index < -0.39 is 17.9 Å². The summed E-state index contributed by atoms with van der Waals surface area (Å²) in [7, 11) is 0. The molecule has 0 saturated heterocycles. The molecule has 0 saturated carbocycles. The van der Waals surface area contributed by atoms with Gasteiger partial charge in [0.1, 0.15) is 5.97 Å². The second kappa shape index (κ2) is 5.08. The molecule has 4 nitrogen and oxygen atoms in total. The average molecular weight is 197 g/mol. The van der Waals surface area contributed by atoms with Crippen LogP contribution in [0, 0.1) is 0 Å². The van der Waals surface area contributed by atoms with Crippen LogP contribution >= 0.6 is 0 Å². The third-order valence-corrected chi connectivity index (χ3v) is 1.95. The van der Waals surface area contributed by atoms with Crippen LogP contribution in [0.3, 0.4) is 0 Å². The smallest absolute Gasteiger partial charge is 0.297 e. The molecule has 6 heteroatoms. The summed E-state index contributed by atoms with van der Waals surface area (Å²) >= 11 is 0. The van der Waals surface area contributed by atoms with E-state index in [2.05, 4.69) is 11.5 Å². The second-order valence-corrected chi connectivity index (χ2v) is 3.05. The van der Waals surface area contributed by atoms with Gasteiger partial charge < -0.3 is 21.4 Å². The van der Waals surface area contributed by atoms with Crippen molar-refractivity contribution in [2.45, 2.75) is 31.2 Å². The third kappa shape index (κ3) is 3.23. The van der Waals surface area contributed by atoms with Gasteiger partial charge in [0.15, 0.2) is 5.54 Å². The van der Waals surface area contributed by atoms with Gasteiger partial charge in [-0.15, -0.1) is 0 Å². The zero-order chi connectivity index (χ0) is 10.5. The van der Waals surface area contributed by atoms with E-state index in [4.69, 9.17) is 0 Å². The Morgan fingerprint density at radius 1 is 1.46 bits per heavy atom. The SMILES string of the molecule is [NH3+]CCCCC([NH3+])(C(=O)[O-])C(F)F. The van der Waals surface area contributed by atoms with Gasteiger partial charge in [0.05, 0.1) is 6.54 Å². The molecule has 1 unspecified atom stereocenters. The summed E-state index contributed by atoms with van der Waals surface area (Å²) in [6.07, 6.45) is -2.15. The highest BCUT2D eigenvalue weighted by Crippen LogP contribution is 2.16. The first-order valence-corrected chi connectivity index (χ1v) is 4.09. The predicted octanol–water partition coefficient (Wildman–Crippen LogP) is -2.61. The number of quaternary nitrogens is 2. The van der Waals surface area contributed by atoms with Crippen LogP contribution in [-0.4, -0.2) is 24.5 Å². The minimum absolute atomic E-state index is 0.164. The van der Waals surface area contributed by atoms with Crippen LogP contribution in [-0.2, 0) is 4.79 Å². The van der Waals surface area contributed by atoms with Crippen molar-refractivity contribution >= 4 is 5.97 Å². The lowest BCUT2D eigenvalue weighted by Crippen LogP contribution is -2.82. The Bertz CT molecular complexity index is 178. The molecule has 0 spiro atoms. The fourth-order valence-corrected chi connectivity index (χ4v) is 0.917. The van der Waals surface area contributed by atoms with E-state index in [1.165, 1.54) is 0 Å². The van der Waals surface area contributed by atoms with Gasteiger partial charge in [-0.1, -0.05) is 0 Å². The largest absolute Gasteiger partial charge is 0.544 e. The van der Waals surface area contributed by atoms with Crippen LogP contribution in [0.15, 0.2) is 0 Å². The molecule has 1 atom stereocenters. The first-order chi connectivity index (χ1) is 5.95. The maximum absolute atomic E-state index is 12.3. The fraction of sp³-hybridized carbons (Fsp3) is 0.857. The molecule has 0 radical (unpaired) electrons. The minimum atomic E-state index is -2.98. The molecule has 0 rings (SSSR count). The Kier molecular flexibility index (Phi) is 4.79. The van der Waals surface area contributed by atoms with Crippen LogP contribution < -0.4 is 16.6 Å². The minimum Gasteiger partial charge on any atom is -0.544 e. The standard InChI is InChI=1S/C7H14F2N2O2/c8-5(9)7(11,6(12)13)3-1-2-4-10/h5H,1-4,10-11H2,(H,12,13)/p+1. The van der Waals surface area contributed by atoms with Crippen molar-refractivity contribution < 1.29 is 30.1 Å². The van der Waals surface area contributed by atoms with E-state index in [0.29, 0.717) is 19.4 Å². The quantitative estimate of drug-likeness (QED) is 0.456. The molecule has 0 amide bonds. The van der Waals surface area contributed by atoms with Gasteiger partial charge in [0.25, 0.3) is 6.43 Å².